The molecule has 1 heterocycles. The predicted molar refractivity (Wildman–Crippen MR) is 138 cm³/mol. The average molecular weight is 545 g/mol. The first-order chi connectivity index (χ1) is 17.8. The van der Waals surface area contributed by atoms with Crippen LogP contribution in [0.1, 0.15) is 29.4 Å². The minimum atomic E-state index is -4.76. The first-order valence-corrected chi connectivity index (χ1v) is 13.2. The SMILES string of the molecule is C[C@](N)(COP(=O)(O)O)c1ncc(-c2ccc(CCc3ccc(-c4ccccc4)cc3)c(C(F)(F)F)c2)[nH]1. The highest BCUT2D eigenvalue weighted by atomic mass is 31.2. The van der Waals surface area contributed by atoms with Crippen LogP contribution in [0.4, 0.5) is 13.2 Å². The van der Waals surface area contributed by atoms with Crippen molar-refractivity contribution in [2.45, 2.75) is 31.5 Å². The van der Waals surface area contributed by atoms with E-state index in [0.717, 1.165) is 22.8 Å². The zero-order valence-corrected chi connectivity index (χ0v) is 21.3. The molecule has 0 bridgehead atoms. The summed E-state index contributed by atoms with van der Waals surface area (Å²) in [6, 6.07) is 21.7. The van der Waals surface area contributed by atoms with Crippen LogP contribution in [0.2, 0.25) is 0 Å². The fourth-order valence-corrected chi connectivity index (χ4v) is 4.48. The Bertz CT molecular complexity index is 1430. The summed E-state index contributed by atoms with van der Waals surface area (Å²) in [7, 11) is -4.76. The number of aromatic amines is 1. The van der Waals surface area contributed by atoms with E-state index in [1.165, 1.54) is 19.2 Å². The Kier molecular flexibility index (Phi) is 7.92. The van der Waals surface area contributed by atoms with E-state index in [1.807, 2.05) is 54.6 Å². The summed E-state index contributed by atoms with van der Waals surface area (Å²) in [6.07, 6.45) is -2.60. The molecule has 0 unspecified atom stereocenters. The monoisotopic (exact) mass is 545 g/mol. The second-order valence-electron chi connectivity index (χ2n) is 9.26. The van der Waals surface area contributed by atoms with Gasteiger partial charge in [0.25, 0.3) is 0 Å². The summed E-state index contributed by atoms with van der Waals surface area (Å²) >= 11 is 0. The molecule has 7 nitrogen and oxygen atoms in total. The summed E-state index contributed by atoms with van der Waals surface area (Å²) in [5.74, 6) is 0.109. The highest BCUT2D eigenvalue weighted by Gasteiger charge is 2.34. The number of aryl methyl sites for hydroxylation is 2. The summed E-state index contributed by atoms with van der Waals surface area (Å²) < 4.78 is 57.4. The Morgan fingerprint density at radius 2 is 1.58 bits per heavy atom. The van der Waals surface area contributed by atoms with Gasteiger partial charge >= 0.3 is 14.0 Å². The smallest absolute Gasteiger partial charge is 0.340 e. The number of aromatic nitrogens is 2. The third-order valence-electron chi connectivity index (χ3n) is 6.12. The van der Waals surface area contributed by atoms with Crippen LogP contribution >= 0.6 is 7.82 Å². The van der Waals surface area contributed by atoms with Crippen LogP contribution in [0.25, 0.3) is 22.4 Å². The fourth-order valence-electron chi connectivity index (χ4n) is 4.04. The Morgan fingerprint density at radius 3 is 2.21 bits per heavy atom. The van der Waals surface area contributed by atoms with Crippen molar-refractivity contribution in [3.05, 3.63) is 102 Å². The van der Waals surface area contributed by atoms with Gasteiger partial charge in [0.15, 0.2) is 0 Å². The first kappa shape index (κ1) is 27.8. The second kappa shape index (κ2) is 10.8. The van der Waals surface area contributed by atoms with Crippen LogP contribution in [0.3, 0.4) is 0 Å². The number of phosphoric acid groups is 1. The molecule has 200 valence electrons. The maximum atomic E-state index is 14.0. The van der Waals surface area contributed by atoms with Gasteiger partial charge in [-0.2, -0.15) is 13.2 Å². The van der Waals surface area contributed by atoms with E-state index in [4.69, 9.17) is 15.5 Å². The number of alkyl halides is 3. The van der Waals surface area contributed by atoms with Crippen molar-refractivity contribution in [3.63, 3.8) is 0 Å². The Morgan fingerprint density at radius 1 is 0.947 bits per heavy atom. The molecule has 4 aromatic rings. The molecule has 1 aromatic heterocycles. The molecule has 0 radical (unpaired) electrons. The number of hydrogen-bond donors (Lipinski definition) is 4. The molecule has 0 amide bonds. The Balaban J connectivity index is 1.52. The largest absolute Gasteiger partial charge is 0.469 e. The van der Waals surface area contributed by atoms with Gasteiger partial charge in [-0.15, -0.1) is 0 Å². The summed E-state index contributed by atoms with van der Waals surface area (Å²) in [4.78, 5) is 24.8. The minimum Gasteiger partial charge on any atom is -0.340 e. The second-order valence-corrected chi connectivity index (χ2v) is 10.5. The lowest BCUT2D eigenvalue weighted by molar-refractivity contribution is -0.138. The van der Waals surface area contributed by atoms with Crippen molar-refractivity contribution in [3.8, 4) is 22.4 Å². The van der Waals surface area contributed by atoms with Crippen molar-refractivity contribution in [2.75, 3.05) is 6.61 Å². The molecule has 0 saturated carbocycles. The molecule has 0 spiro atoms. The zero-order valence-electron chi connectivity index (χ0n) is 20.4. The van der Waals surface area contributed by atoms with Gasteiger partial charge < -0.3 is 20.5 Å². The standard InChI is InChI=1S/C27H27F3N3O4P/c1-26(31,17-37-38(34,35)36)25-32-16-24(33-25)22-14-13-21(23(15-22)27(28,29)30)12-9-18-7-10-20(11-8-18)19-5-3-2-4-6-19/h2-8,10-11,13-16H,9,12,17,31H2,1H3,(H,32,33)(H2,34,35,36)/t26-/m0/s1. The number of hydrogen-bond acceptors (Lipinski definition) is 4. The number of rotatable bonds is 9. The van der Waals surface area contributed by atoms with E-state index in [2.05, 4.69) is 14.5 Å². The van der Waals surface area contributed by atoms with Crippen molar-refractivity contribution < 1.29 is 32.0 Å². The number of imidazole rings is 1. The lowest BCUT2D eigenvalue weighted by atomic mass is 9.96. The highest BCUT2D eigenvalue weighted by Crippen LogP contribution is 2.38. The molecule has 38 heavy (non-hydrogen) atoms. The van der Waals surface area contributed by atoms with Crippen molar-refractivity contribution >= 4 is 7.82 Å². The topological polar surface area (TPSA) is 121 Å². The third-order valence-corrected chi connectivity index (χ3v) is 6.59. The van der Waals surface area contributed by atoms with E-state index in [-0.39, 0.29) is 29.1 Å². The quantitative estimate of drug-likeness (QED) is 0.196. The molecule has 0 fully saturated rings. The molecule has 11 heteroatoms. The number of phosphoric ester groups is 1. The van der Waals surface area contributed by atoms with Gasteiger partial charge in [-0.3, -0.25) is 4.52 Å². The number of nitrogens with zero attached hydrogens (tertiary/aromatic N) is 1. The normalized spacial score (nSPS) is 13.9. The third kappa shape index (κ3) is 6.98. The van der Waals surface area contributed by atoms with Gasteiger partial charge in [0, 0.05) is 5.56 Å². The number of benzene rings is 3. The van der Waals surface area contributed by atoms with E-state index >= 15 is 0 Å². The molecule has 0 aliphatic rings. The fraction of sp³-hybridized carbons (Fsp3) is 0.222. The highest BCUT2D eigenvalue weighted by molar-refractivity contribution is 7.46. The van der Waals surface area contributed by atoms with Crippen LogP contribution < -0.4 is 5.73 Å². The number of halogens is 3. The van der Waals surface area contributed by atoms with Gasteiger partial charge in [-0.25, -0.2) is 9.55 Å². The molecule has 0 aliphatic carbocycles. The summed E-state index contributed by atoms with van der Waals surface area (Å²) in [6.45, 7) is 0.880. The van der Waals surface area contributed by atoms with Crippen molar-refractivity contribution in [1.82, 2.24) is 9.97 Å². The molecule has 0 saturated heterocycles. The number of nitrogens with two attached hydrogens (primary N) is 1. The van der Waals surface area contributed by atoms with Crippen molar-refractivity contribution in [1.29, 1.82) is 0 Å². The maximum absolute atomic E-state index is 14.0. The van der Waals surface area contributed by atoms with Crippen LogP contribution in [0, 0.1) is 0 Å². The van der Waals surface area contributed by atoms with E-state index in [1.54, 1.807) is 6.07 Å². The van der Waals surface area contributed by atoms with E-state index < -0.39 is 31.7 Å². The number of H-pyrrole nitrogens is 1. The van der Waals surface area contributed by atoms with Gasteiger partial charge in [0.1, 0.15) is 5.82 Å². The van der Waals surface area contributed by atoms with Gasteiger partial charge in [0.2, 0.25) is 0 Å². The zero-order chi connectivity index (χ0) is 27.6. The molecule has 3 aromatic carbocycles. The molecule has 5 N–H and O–H groups in total. The van der Waals surface area contributed by atoms with Gasteiger partial charge in [0.05, 0.1) is 29.6 Å². The predicted octanol–water partition coefficient (Wildman–Crippen LogP) is 5.83. The van der Waals surface area contributed by atoms with E-state index in [9.17, 15) is 17.7 Å². The summed E-state index contributed by atoms with van der Waals surface area (Å²) in [5.41, 5.74) is 7.64. The first-order valence-electron chi connectivity index (χ1n) is 11.7. The van der Waals surface area contributed by atoms with Crippen LogP contribution in [-0.4, -0.2) is 26.4 Å². The lowest BCUT2D eigenvalue weighted by Gasteiger charge is -2.22. The van der Waals surface area contributed by atoms with E-state index in [0.29, 0.717) is 6.42 Å². The summed E-state index contributed by atoms with van der Waals surface area (Å²) in [5, 5.41) is 0. The molecular formula is C27H27F3N3O4P. The van der Waals surface area contributed by atoms with Gasteiger partial charge in [-0.05, 0) is 48.1 Å². The molecule has 0 aliphatic heterocycles. The minimum absolute atomic E-state index is 0.109. The van der Waals surface area contributed by atoms with Crippen LogP contribution in [0.5, 0.6) is 0 Å². The van der Waals surface area contributed by atoms with Gasteiger partial charge in [-0.1, -0.05) is 66.7 Å². The Labute approximate surface area is 217 Å². The maximum Gasteiger partial charge on any atom is 0.469 e. The molecule has 4 rings (SSSR count). The molecule has 1 atom stereocenters. The average Bonchev–Trinajstić information content (AvgIpc) is 3.38. The van der Waals surface area contributed by atoms with Crippen LogP contribution in [0.15, 0.2) is 79.0 Å². The van der Waals surface area contributed by atoms with Crippen LogP contribution in [-0.2, 0) is 33.6 Å². The van der Waals surface area contributed by atoms with Crippen molar-refractivity contribution in [2.24, 2.45) is 5.73 Å². The Hall–Kier alpha value is -3.27. The number of nitrogens with one attached hydrogen (secondary N) is 1. The molecular weight excluding hydrogens is 518 g/mol. The lowest BCUT2D eigenvalue weighted by Crippen LogP contribution is -2.39.